The SMILES string of the molecule is Cc1cccc([C@H](C2CCOCC2)N2CCNCC2)c1C. The zero-order chi connectivity index (χ0) is 14.7. The van der Waals surface area contributed by atoms with Crippen molar-refractivity contribution in [1.82, 2.24) is 10.2 Å². The molecular formula is C18H28N2O. The Hall–Kier alpha value is -0.900. The summed E-state index contributed by atoms with van der Waals surface area (Å²) in [5.74, 6) is 0.734. The molecule has 0 saturated carbocycles. The molecule has 3 nitrogen and oxygen atoms in total. The number of hydrogen-bond donors (Lipinski definition) is 1. The molecular weight excluding hydrogens is 260 g/mol. The number of nitrogens with zero attached hydrogens (tertiary/aromatic N) is 1. The molecule has 2 heterocycles. The Labute approximate surface area is 128 Å². The highest BCUT2D eigenvalue weighted by atomic mass is 16.5. The number of nitrogens with one attached hydrogen (secondary N) is 1. The minimum atomic E-state index is 0.566. The molecule has 1 atom stereocenters. The van der Waals surface area contributed by atoms with Crippen molar-refractivity contribution in [2.45, 2.75) is 32.7 Å². The lowest BCUT2D eigenvalue weighted by molar-refractivity contribution is 0.0211. The van der Waals surface area contributed by atoms with Crippen molar-refractivity contribution in [1.29, 1.82) is 0 Å². The molecule has 0 radical (unpaired) electrons. The summed E-state index contributed by atoms with van der Waals surface area (Å²) < 4.78 is 5.60. The van der Waals surface area contributed by atoms with Gasteiger partial charge in [-0.15, -0.1) is 0 Å². The molecule has 3 heteroatoms. The van der Waals surface area contributed by atoms with E-state index < -0.39 is 0 Å². The molecule has 0 aliphatic carbocycles. The summed E-state index contributed by atoms with van der Waals surface area (Å²) in [4.78, 5) is 2.70. The van der Waals surface area contributed by atoms with Crippen molar-refractivity contribution in [3.05, 3.63) is 34.9 Å². The number of piperazine rings is 1. The van der Waals surface area contributed by atoms with E-state index in [-0.39, 0.29) is 0 Å². The average Bonchev–Trinajstić information content (AvgIpc) is 2.54. The van der Waals surface area contributed by atoms with Gasteiger partial charge in [0.05, 0.1) is 0 Å². The van der Waals surface area contributed by atoms with Gasteiger partial charge in [-0.05, 0) is 49.3 Å². The highest BCUT2D eigenvalue weighted by Crippen LogP contribution is 2.37. The van der Waals surface area contributed by atoms with Gasteiger partial charge in [0, 0.05) is 45.4 Å². The van der Waals surface area contributed by atoms with Crippen molar-refractivity contribution in [2.75, 3.05) is 39.4 Å². The van der Waals surface area contributed by atoms with Crippen molar-refractivity contribution in [3.63, 3.8) is 0 Å². The third-order valence-corrected chi connectivity index (χ3v) is 5.22. The van der Waals surface area contributed by atoms with Crippen LogP contribution in [0.5, 0.6) is 0 Å². The van der Waals surface area contributed by atoms with Crippen LogP contribution in [0, 0.1) is 19.8 Å². The van der Waals surface area contributed by atoms with Crippen LogP contribution in [-0.2, 0) is 4.74 Å². The molecule has 2 saturated heterocycles. The number of benzene rings is 1. The maximum atomic E-state index is 5.60. The molecule has 0 bridgehead atoms. The van der Waals surface area contributed by atoms with Gasteiger partial charge in [-0.1, -0.05) is 18.2 Å². The summed E-state index contributed by atoms with van der Waals surface area (Å²) in [6.07, 6.45) is 2.39. The van der Waals surface area contributed by atoms with Gasteiger partial charge in [-0.2, -0.15) is 0 Å². The number of hydrogen-bond acceptors (Lipinski definition) is 3. The summed E-state index contributed by atoms with van der Waals surface area (Å²) >= 11 is 0. The van der Waals surface area contributed by atoms with Crippen LogP contribution in [0.1, 0.15) is 35.6 Å². The summed E-state index contributed by atoms with van der Waals surface area (Å²) in [7, 11) is 0. The van der Waals surface area contributed by atoms with Crippen molar-refractivity contribution >= 4 is 0 Å². The Kier molecular flexibility index (Phi) is 4.94. The Balaban J connectivity index is 1.91. The maximum Gasteiger partial charge on any atom is 0.0469 e. The van der Waals surface area contributed by atoms with Gasteiger partial charge in [-0.3, -0.25) is 4.90 Å². The van der Waals surface area contributed by atoms with Gasteiger partial charge in [0.25, 0.3) is 0 Å². The molecule has 2 aliphatic rings. The Morgan fingerprint density at radius 2 is 1.86 bits per heavy atom. The van der Waals surface area contributed by atoms with Crippen LogP contribution >= 0.6 is 0 Å². The van der Waals surface area contributed by atoms with Gasteiger partial charge >= 0.3 is 0 Å². The normalized spacial score (nSPS) is 23.1. The molecule has 0 unspecified atom stereocenters. The number of rotatable bonds is 3. The van der Waals surface area contributed by atoms with Crippen LogP contribution in [0.4, 0.5) is 0 Å². The van der Waals surface area contributed by atoms with Crippen LogP contribution in [0.25, 0.3) is 0 Å². The molecule has 3 rings (SSSR count). The van der Waals surface area contributed by atoms with Crippen LogP contribution in [0.2, 0.25) is 0 Å². The molecule has 2 fully saturated rings. The lowest BCUT2D eigenvalue weighted by atomic mass is 9.83. The van der Waals surface area contributed by atoms with E-state index in [1.54, 1.807) is 5.56 Å². The quantitative estimate of drug-likeness (QED) is 0.925. The fraction of sp³-hybridized carbons (Fsp3) is 0.667. The standard InChI is InChI=1S/C18H28N2O/c1-14-4-3-5-17(15(14)2)18(16-6-12-21-13-7-16)20-10-8-19-9-11-20/h3-5,16,18-19H,6-13H2,1-2H3/t18-/m0/s1. The predicted octanol–water partition coefficient (Wildman–Crippen LogP) is 2.68. The first-order valence-electron chi connectivity index (χ1n) is 8.36. The van der Waals surface area contributed by atoms with Gasteiger partial charge in [0.1, 0.15) is 0 Å². The molecule has 1 aromatic rings. The maximum absolute atomic E-state index is 5.60. The Morgan fingerprint density at radius 3 is 2.57 bits per heavy atom. The van der Waals surface area contributed by atoms with Gasteiger partial charge in [0.15, 0.2) is 0 Å². The smallest absolute Gasteiger partial charge is 0.0469 e. The van der Waals surface area contributed by atoms with Gasteiger partial charge < -0.3 is 10.1 Å². The third kappa shape index (κ3) is 3.31. The van der Waals surface area contributed by atoms with E-state index in [0.717, 1.165) is 45.3 Å². The molecule has 1 aromatic carbocycles. The first-order chi connectivity index (χ1) is 10.3. The largest absolute Gasteiger partial charge is 0.381 e. The van der Waals surface area contributed by atoms with E-state index in [9.17, 15) is 0 Å². The highest BCUT2D eigenvalue weighted by molar-refractivity contribution is 5.36. The monoisotopic (exact) mass is 288 g/mol. The van der Waals surface area contributed by atoms with Crippen LogP contribution in [0.3, 0.4) is 0 Å². The lowest BCUT2D eigenvalue weighted by Crippen LogP contribution is -2.47. The molecule has 21 heavy (non-hydrogen) atoms. The molecule has 0 aromatic heterocycles. The van der Waals surface area contributed by atoms with E-state index >= 15 is 0 Å². The molecule has 2 aliphatic heterocycles. The van der Waals surface area contributed by atoms with Crippen LogP contribution in [0.15, 0.2) is 18.2 Å². The molecule has 0 spiro atoms. The minimum absolute atomic E-state index is 0.566. The fourth-order valence-electron chi connectivity index (χ4n) is 3.83. The second-order valence-corrected chi connectivity index (χ2v) is 6.47. The molecule has 1 N–H and O–H groups in total. The summed E-state index contributed by atoms with van der Waals surface area (Å²) in [6, 6.07) is 7.38. The van der Waals surface area contributed by atoms with Crippen molar-refractivity contribution < 1.29 is 4.74 Å². The number of aryl methyl sites for hydroxylation is 1. The number of ether oxygens (including phenoxy) is 1. The van der Waals surface area contributed by atoms with Crippen molar-refractivity contribution in [3.8, 4) is 0 Å². The van der Waals surface area contributed by atoms with E-state index in [0.29, 0.717) is 6.04 Å². The Morgan fingerprint density at radius 1 is 1.14 bits per heavy atom. The van der Waals surface area contributed by atoms with E-state index in [2.05, 4.69) is 42.3 Å². The highest BCUT2D eigenvalue weighted by Gasteiger charge is 2.32. The zero-order valence-corrected chi connectivity index (χ0v) is 13.4. The van der Waals surface area contributed by atoms with Crippen LogP contribution < -0.4 is 5.32 Å². The Bertz CT molecular complexity index is 444. The minimum Gasteiger partial charge on any atom is -0.381 e. The zero-order valence-electron chi connectivity index (χ0n) is 13.4. The second kappa shape index (κ2) is 6.91. The van der Waals surface area contributed by atoms with E-state index in [1.807, 2.05) is 0 Å². The molecule has 0 amide bonds. The topological polar surface area (TPSA) is 24.5 Å². The van der Waals surface area contributed by atoms with Crippen molar-refractivity contribution in [2.24, 2.45) is 5.92 Å². The molecule has 116 valence electrons. The first kappa shape index (κ1) is 15.0. The summed E-state index contributed by atoms with van der Waals surface area (Å²) in [5.41, 5.74) is 4.44. The fourth-order valence-corrected chi connectivity index (χ4v) is 3.83. The summed E-state index contributed by atoms with van der Waals surface area (Å²) in [5, 5.41) is 3.48. The average molecular weight is 288 g/mol. The summed E-state index contributed by atoms with van der Waals surface area (Å²) in [6.45, 7) is 10.9. The van der Waals surface area contributed by atoms with Gasteiger partial charge in [0.2, 0.25) is 0 Å². The second-order valence-electron chi connectivity index (χ2n) is 6.47. The van der Waals surface area contributed by atoms with Gasteiger partial charge in [-0.25, -0.2) is 0 Å². The van der Waals surface area contributed by atoms with Crippen LogP contribution in [-0.4, -0.2) is 44.3 Å². The predicted molar refractivity (Wildman–Crippen MR) is 86.6 cm³/mol. The lowest BCUT2D eigenvalue weighted by Gasteiger charge is -2.42. The van der Waals surface area contributed by atoms with E-state index in [4.69, 9.17) is 4.74 Å². The first-order valence-corrected chi connectivity index (χ1v) is 8.36. The third-order valence-electron chi connectivity index (χ3n) is 5.22. The van der Waals surface area contributed by atoms with E-state index in [1.165, 1.54) is 24.0 Å².